The largest absolute Gasteiger partial charge is 0.315 e. The highest BCUT2D eigenvalue weighted by atomic mass is 32.2. The van der Waals surface area contributed by atoms with Crippen molar-refractivity contribution >= 4 is 26.5 Å². The van der Waals surface area contributed by atoms with Gasteiger partial charge in [-0.1, -0.05) is 6.92 Å². The van der Waals surface area contributed by atoms with Gasteiger partial charge in [-0.05, 0) is 13.0 Å². The zero-order valence-corrected chi connectivity index (χ0v) is 12.7. The molecular weight excluding hydrogens is 298 g/mol. The number of nitrogens with zero attached hydrogens (tertiary/aromatic N) is 3. The van der Waals surface area contributed by atoms with Gasteiger partial charge in [0.05, 0.1) is 12.7 Å². The summed E-state index contributed by atoms with van der Waals surface area (Å²) in [7, 11) is -3.60. The highest BCUT2D eigenvalue weighted by Crippen LogP contribution is 2.17. The van der Waals surface area contributed by atoms with E-state index in [-0.39, 0.29) is 4.90 Å². The molecule has 0 amide bonds. The smallest absolute Gasteiger partial charge is 0.266 e. The summed E-state index contributed by atoms with van der Waals surface area (Å²) in [6, 6.07) is 0. The summed E-state index contributed by atoms with van der Waals surface area (Å²) in [4.78, 5) is 4.04. The monoisotopic (exact) mass is 315 g/mol. The fourth-order valence-corrected chi connectivity index (χ4v) is 3.29. The fraction of sp³-hybridized carbons (Fsp3) is 0.455. The van der Waals surface area contributed by atoms with Crippen molar-refractivity contribution in [2.75, 3.05) is 17.8 Å². The quantitative estimate of drug-likeness (QED) is 0.713. The molecule has 0 spiro atoms. The summed E-state index contributed by atoms with van der Waals surface area (Å²) in [6.07, 6.45) is 5.47. The molecule has 0 aliphatic heterocycles. The standard InChI is InChI=1S/C11H17N5O2S2/c1-2-3-12-4-6-16-9-10(8-14-16)20(17,18)15-11-13-5-7-19-11/h5,7-9,12H,2-4,6H2,1H3,(H,13,15). The number of rotatable bonds is 8. The molecule has 0 fully saturated rings. The predicted molar refractivity (Wildman–Crippen MR) is 78.3 cm³/mol. The summed E-state index contributed by atoms with van der Waals surface area (Å²) in [5.41, 5.74) is 0. The molecule has 0 unspecified atom stereocenters. The van der Waals surface area contributed by atoms with Crippen molar-refractivity contribution in [2.45, 2.75) is 24.8 Å². The summed E-state index contributed by atoms with van der Waals surface area (Å²) < 4.78 is 28.2. The van der Waals surface area contributed by atoms with Crippen LogP contribution in [-0.4, -0.2) is 36.3 Å². The molecule has 0 atom stereocenters. The number of aromatic nitrogens is 3. The lowest BCUT2D eigenvalue weighted by Gasteiger charge is -2.03. The lowest BCUT2D eigenvalue weighted by atomic mass is 10.5. The number of nitrogens with one attached hydrogen (secondary N) is 2. The minimum absolute atomic E-state index is 0.142. The molecule has 0 aliphatic rings. The maximum atomic E-state index is 12.1. The van der Waals surface area contributed by atoms with Crippen molar-refractivity contribution in [3.63, 3.8) is 0 Å². The Kier molecular flexibility index (Phi) is 5.10. The van der Waals surface area contributed by atoms with Crippen molar-refractivity contribution < 1.29 is 8.42 Å². The molecule has 7 nitrogen and oxygen atoms in total. The highest BCUT2D eigenvalue weighted by Gasteiger charge is 2.17. The van der Waals surface area contributed by atoms with Crippen LogP contribution in [-0.2, 0) is 16.6 Å². The molecule has 0 saturated heterocycles. The normalized spacial score (nSPS) is 11.7. The molecule has 9 heteroatoms. The van der Waals surface area contributed by atoms with Crippen molar-refractivity contribution in [3.8, 4) is 0 Å². The number of thiazole rings is 1. The Bertz CT molecular complexity index is 621. The molecule has 110 valence electrons. The van der Waals surface area contributed by atoms with E-state index < -0.39 is 10.0 Å². The lowest BCUT2D eigenvalue weighted by Crippen LogP contribution is -2.20. The third-order valence-electron chi connectivity index (χ3n) is 2.52. The second-order valence-corrected chi connectivity index (χ2v) is 6.71. The van der Waals surface area contributed by atoms with Crippen LogP contribution in [0.1, 0.15) is 13.3 Å². The Morgan fingerprint density at radius 1 is 1.40 bits per heavy atom. The van der Waals surface area contributed by atoms with E-state index in [0.29, 0.717) is 11.7 Å². The number of sulfonamides is 1. The molecule has 2 aromatic heterocycles. The van der Waals surface area contributed by atoms with E-state index >= 15 is 0 Å². The summed E-state index contributed by atoms with van der Waals surface area (Å²) in [6.45, 7) is 4.43. The zero-order chi connectivity index (χ0) is 14.4. The van der Waals surface area contributed by atoms with E-state index in [0.717, 1.165) is 19.5 Å². The molecule has 2 aromatic rings. The Morgan fingerprint density at radius 2 is 2.25 bits per heavy atom. The molecule has 0 aliphatic carbocycles. The Morgan fingerprint density at radius 3 is 2.95 bits per heavy atom. The molecule has 0 bridgehead atoms. The molecule has 0 radical (unpaired) electrons. The number of anilines is 1. The minimum Gasteiger partial charge on any atom is -0.315 e. The van der Waals surface area contributed by atoms with E-state index in [1.165, 1.54) is 23.7 Å². The lowest BCUT2D eigenvalue weighted by molar-refractivity contribution is 0.552. The van der Waals surface area contributed by atoms with Crippen LogP contribution >= 0.6 is 11.3 Å². The van der Waals surface area contributed by atoms with Gasteiger partial charge in [-0.25, -0.2) is 13.4 Å². The van der Waals surface area contributed by atoms with Gasteiger partial charge >= 0.3 is 0 Å². The summed E-state index contributed by atoms with van der Waals surface area (Å²) >= 11 is 1.23. The van der Waals surface area contributed by atoms with Gasteiger partial charge in [0.15, 0.2) is 5.13 Å². The van der Waals surface area contributed by atoms with E-state index in [2.05, 4.69) is 27.0 Å². The Labute approximate surface area is 122 Å². The average Bonchev–Trinajstić information content (AvgIpc) is 3.05. The molecule has 2 rings (SSSR count). The second-order valence-electron chi connectivity index (χ2n) is 4.13. The first-order valence-electron chi connectivity index (χ1n) is 6.27. The van der Waals surface area contributed by atoms with Crippen molar-refractivity contribution in [2.24, 2.45) is 0 Å². The summed E-state index contributed by atoms with van der Waals surface area (Å²) in [5.74, 6) is 0. The maximum absolute atomic E-state index is 12.1. The molecule has 2 N–H and O–H groups in total. The van der Waals surface area contributed by atoms with Crippen LogP contribution in [0.4, 0.5) is 5.13 Å². The first kappa shape index (κ1) is 14.9. The zero-order valence-electron chi connectivity index (χ0n) is 11.1. The van der Waals surface area contributed by atoms with E-state index in [1.807, 2.05) is 0 Å². The first-order valence-corrected chi connectivity index (χ1v) is 8.63. The van der Waals surface area contributed by atoms with Crippen LogP contribution in [0, 0.1) is 0 Å². The molecule has 2 heterocycles. The fourth-order valence-electron chi connectivity index (χ4n) is 1.55. The van der Waals surface area contributed by atoms with Gasteiger partial charge in [0, 0.05) is 24.3 Å². The third-order valence-corrected chi connectivity index (χ3v) is 4.63. The number of hydrogen-bond acceptors (Lipinski definition) is 6. The van der Waals surface area contributed by atoms with Gasteiger partial charge < -0.3 is 5.32 Å². The van der Waals surface area contributed by atoms with E-state index in [1.54, 1.807) is 16.3 Å². The number of hydrogen-bond donors (Lipinski definition) is 2. The van der Waals surface area contributed by atoms with Gasteiger partial charge in [0.2, 0.25) is 0 Å². The van der Waals surface area contributed by atoms with Gasteiger partial charge in [-0.3, -0.25) is 9.40 Å². The van der Waals surface area contributed by atoms with Crippen LogP contribution in [0.3, 0.4) is 0 Å². The van der Waals surface area contributed by atoms with Gasteiger partial charge in [0.25, 0.3) is 10.0 Å². The topological polar surface area (TPSA) is 88.9 Å². The van der Waals surface area contributed by atoms with Crippen molar-refractivity contribution in [3.05, 3.63) is 24.0 Å². The SMILES string of the molecule is CCCNCCn1cc(S(=O)(=O)Nc2nccs2)cn1. The van der Waals surface area contributed by atoms with Gasteiger partial charge in [-0.15, -0.1) is 11.3 Å². The molecular formula is C11H17N5O2S2. The van der Waals surface area contributed by atoms with Crippen LogP contribution < -0.4 is 10.0 Å². The maximum Gasteiger partial charge on any atom is 0.266 e. The van der Waals surface area contributed by atoms with Gasteiger partial charge in [0.1, 0.15) is 4.90 Å². The first-order chi connectivity index (χ1) is 9.62. The van der Waals surface area contributed by atoms with Gasteiger partial charge in [-0.2, -0.15) is 5.10 Å². The molecule has 20 heavy (non-hydrogen) atoms. The molecule has 0 aromatic carbocycles. The summed E-state index contributed by atoms with van der Waals surface area (Å²) in [5, 5.41) is 9.34. The predicted octanol–water partition coefficient (Wildman–Crippen LogP) is 1.14. The highest BCUT2D eigenvalue weighted by molar-refractivity contribution is 7.93. The second kappa shape index (κ2) is 6.82. The minimum atomic E-state index is -3.60. The molecule has 0 saturated carbocycles. The van der Waals surface area contributed by atoms with Crippen molar-refractivity contribution in [1.29, 1.82) is 0 Å². The van der Waals surface area contributed by atoms with Crippen LogP contribution in [0.5, 0.6) is 0 Å². The van der Waals surface area contributed by atoms with Crippen LogP contribution in [0.15, 0.2) is 28.9 Å². The Hall–Kier alpha value is -1.45. The van der Waals surface area contributed by atoms with E-state index in [9.17, 15) is 8.42 Å². The van der Waals surface area contributed by atoms with Crippen LogP contribution in [0.2, 0.25) is 0 Å². The Balaban J connectivity index is 1.97. The third kappa shape index (κ3) is 4.02. The average molecular weight is 315 g/mol. The van der Waals surface area contributed by atoms with Crippen molar-refractivity contribution in [1.82, 2.24) is 20.1 Å². The van der Waals surface area contributed by atoms with Crippen LogP contribution in [0.25, 0.3) is 0 Å². The van der Waals surface area contributed by atoms with E-state index in [4.69, 9.17) is 0 Å².